The third kappa shape index (κ3) is 4.45. The Kier molecular flexibility index (Phi) is 5.75. The summed E-state index contributed by atoms with van der Waals surface area (Å²) in [4.78, 5) is 38.6. The Labute approximate surface area is 165 Å². The Hall–Kier alpha value is -3.00. The number of imide groups is 1. The molecule has 3 amide bonds. The predicted octanol–water partition coefficient (Wildman–Crippen LogP) is 1.88. The van der Waals surface area contributed by atoms with Gasteiger partial charge in [-0.15, -0.1) is 6.42 Å². The van der Waals surface area contributed by atoms with Crippen LogP contribution in [0.2, 0.25) is 0 Å². The summed E-state index contributed by atoms with van der Waals surface area (Å²) < 4.78 is 10.8. The number of allylic oxidation sites excluding steroid dienone is 2. The van der Waals surface area contributed by atoms with Crippen LogP contribution in [0.25, 0.3) is 0 Å². The minimum atomic E-state index is -0.576. The van der Waals surface area contributed by atoms with Crippen molar-refractivity contribution in [2.24, 2.45) is 17.3 Å². The molecule has 8 heteroatoms. The second-order valence-electron chi connectivity index (χ2n) is 8.44. The van der Waals surface area contributed by atoms with Gasteiger partial charge < -0.3 is 14.4 Å². The number of carbonyl (C=O) groups is 3. The molecule has 1 aliphatic carbocycles. The van der Waals surface area contributed by atoms with E-state index in [0.717, 1.165) is 4.90 Å². The highest BCUT2D eigenvalue weighted by Gasteiger charge is 2.62. The van der Waals surface area contributed by atoms with E-state index in [2.05, 4.69) is 5.92 Å². The van der Waals surface area contributed by atoms with Crippen molar-refractivity contribution >= 4 is 17.9 Å². The van der Waals surface area contributed by atoms with Gasteiger partial charge in [0.05, 0.1) is 12.5 Å². The third-order valence-corrected chi connectivity index (χ3v) is 4.77. The Morgan fingerprint density at radius 1 is 1.39 bits per heavy atom. The van der Waals surface area contributed by atoms with Crippen LogP contribution in [-0.2, 0) is 19.1 Å². The first-order valence-electron chi connectivity index (χ1n) is 8.92. The van der Waals surface area contributed by atoms with Crippen LogP contribution in [0.1, 0.15) is 34.6 Å². The Bertz CT molecular complexity index is 794. The van der Waals surface area contributed by atoms with Gasteiger partial charge in [0, 0.05) is 5.92 Å². The SMILES string of the molecule is C#CCN1CC(=O)N(COC(=O)[C@@H]2[C@@H](C=C(C#N)OC(C)(C)C)C2(C)C)C1=O. The maximum absolute atomic E-state index is 12.5. The molecule has 0 aromatic carbocycles. The van der Waals surface area contributed by atoms with Crippen LogP contribution in [-0.4, -0.2) is 53.1 Å². The average molecular weight is 387 g/mol. The number of hydrogen-bond acceptors (Lipinski definition) is 6. The van der Waals surface area contributed by atoms with Crippen molar-refractivity contribution in [1.29, 1.82) is 5.26 Å². The molecular formula is C20H25N3O5. The molecule has 0 spiro atoms. The van der Waals surface area contributed by atoms with Gasteiger partial charge in [0.15, 0.2) is 12.5 Å². The minimum absolute atomic E-state index is 0.0161. The smallest absolute Gasteiger partial charge is 0.330 e. The number of ether oxygens (including phenoxy) is 2. The fraction of sp³-hybridized carbons (Fsp3) is 0.600. The van der Waals surface area contributed by atoms with Gasteiger partial charge in [0.2, 0.25) is 0 Å². The summed E-state index contributed by atoms with van der Waals surface area (Å²) in [5.74, 6) is 0.725. The van der Waals surface area contributed by atoms with Gasteiger partial charge in [-0.2, -0.15) is 5.26 Å². The van der Waals surface area contributed by atoms with E-state index in [-0.39, 0.29) is 24.8 Å². The Morgan fingerprint density at radius 3 is 2.57 bits per heavy atom. The molecule has 2 fully saturated rings. The lowest BCUT2D eigenvalue weighted by Crippen LogP contribution is -2.36. The van der Waals surface area contributed by atoms with Crippen molar-refractivity contribution in [1.82, 2.24) is 9.80 Å². The van der Waals surface area contributed by atoms with Gasteiger partial charge in [0.25, 0.3) is 5.91 Å². The highest BCUT2D eigenvalue weighted by atomic mass is 16.5. The molecule has 2 rings (SSSR count). The first-order valence-corrected chi connectivity index (χ1v) is 8.92. The molecule has 0 aromatic heterocycles. The fourth-order valence-corrected chi connectivity index (χ4v) is 3.20. The summed E-state index contributed by atoms with van der Waals surface area (Å²) >= 11 is 0. The molecule has 0 N–H and O–H groups in total. The number of rotatable bonds is 6. The quantitative estimate of drug-likeness (QED) is 0.227. The van der Waals surface area contributed by atoms with Gasteiger partial charge in [-0.3, -0.25) is 9.59 Å². The zero-order valence-electron chi connectivity index (χ0n) is 16.8. The van der Waals surface area contributed by atoms with Gasteiger partial charge in [-0.05, 0) is 32.3 Å². The van der Waals surface area contributed by atoms with Gasteiger partial charge in [-0.25, -0.2) is 9.69 Å². The standard InChI is InChI=1S/C20H25N3O5/c1-7-8-22-11-15(24)23(18(22)26)12-27-17(25)16-14(20(16,5)6)9-13(10-21)28-19(2,3)4/h1,9,14,16H,8,11-12H2,2-6H3/t14-,16+/m1/s1. The van der Waals surface area contributed by atoms with E-state index in [1.807, 2.05) is 40.7 Å². The van der Waals surface area contributed by atoms with Crippen LogP contribution >= 0.6 is 0 Å². The van der Waals surface area contributed by atoms with Crippen LogP contribution in [0, 0.1) is 40.9 Å². The summed E-state index contributed by atoms with van der Waals surface area (Å²) in [6.45, 7) is 8.68. The second-order valence-corrected chi connectivity index (χ2v) is 8.44. The van der Waals surface area contributed by atoms with Crippen molar-refractivity contribution in [3.8, 4) is 18.4 Å². The number of esters is 1. The summed E-state index contributed by atoms with van der Waals surface area (Å²) in [5.41, 5.74) is -0.952. The summed E-state index contributed by atoms with van der Waals surface area (Å²) in [6, 6.07) is 1.42. The third-order valence-electron chi connectivity index (χ3n) is 4.77. The molecule has 2 atom stereocenters. The van der Waals surface area contributed by atoms with E-state index in [1.165, 1.54) is 4.90 Å². The lowest BCUT2D eigenvalue weighted by molar-refractivity contribution is -0.151. The lowest BCUT2D eigenvalue weighted by Gasteiger charge is -2.20. The molecule has 150 valence electrons. The van der Waals surface area contributed by atoms with Crippen molar-refractivity contribution in [2.75, 3.05) is 19.8 Å². The van der Waals surface area contributed by atoms with Crippen molar-refractivity contribution in [3.05, 3.63) is 11.8 Å². The monoisotopic (exact) mass is 387 g/mol. The topological polar surface area (TPSA) is 99.9 Å². The van der Waals surface area contributed by atoms with Gasteiger partial charge in [-0.1, -0.05) is 19.8 Å². The summed E-state index contributed by atoms with van der Waals surface area (Å²) in [5, 5.41) is 9.28. The van der Waals surface area contributed by atoms with Crippen molar-refractivity contribution in [3.63, 3.8) is 0 Å². The van der Waals surface area contributed by atoms with Crippen LogP contribution < -0.4 is 0 Å². The molecular weight excluding hydrogens is 362 g/mol. The van der Waals surface area contributed by atoms with Crippen molar-refractivity contribution in [2.45, 2.75) is 40.2 Å². The zero-order valence-corrected chi connectivity index (χ0v) is 16.8. The highest BCUT2D eigenvalue weighted by Crippen LogP contribution is 2.60. The molecule has 0 unspecified atom stereocenters. The van der Waals surface area contributed by atoms with Crippen molar-refractivity contribution < 1.29 is 23.9 Å². The van der Waals surface area contributed by atoms with Gasteiger partial charge in [0.1, 0.15) is 18.2 Å². The van der Waals surface area contributed by atoms with Crippen LogP contribution in [0.4, 0.5) is 4.79 Å². The van der Waals surface area contributed by atoms with Crippen LogP contribution in [0.15, 0.2) is 11.8 Å². The first kappa shape index (κ1) is 21.3. The fourth-order valence-electron chi connectivity index (χ4n) is 3.20. The molecule has 1 aliphatic heterocycles. The zero-order chi connectivity index (χ0) is 21.3. The largest absolute Gasteiger partial charge is 0.478 e. The second kappa shape index (κ2) is 7.55. The van der Waals surface area contributed by atoms with E-state index >= 15 is 0 Å². The normalized spacial score (nSPS) is 23.9. The maximum Gasteiger partial charge on any atom is 0.330 e. The number of terminal acetylenes is 1. The number of nitrogens with zero attached hydrogens (tertiary/aromatic N) is 3. The summed E-state index contributed by atoms with van der Waals surface area (Å²) in [6.07, 6.45) is 6.81. The molecule has 1 saturated carbocycles. The molecule has 28 heavy (non-hydrogen) atoms. The van der Waals surface area contributed by atoms with Crippen LogP contribution in [0.5, 0.6) is 0 Å². The average Bonchev–Trinajstić information content (AvgIpc) is 3.00. The molecule has 0 bridgehead atoms. The maximum atomic E-state index is 12.5. The lowest BCUT2D eigenvalue weighted by atomic mass is 10.1. The molecule has 1 heterocycles. The minimum Gasteiger partial charge on any atom is -0.478 e. The van der Waals surface area contributed by atoms with E-state index < -0.39 is 41.6 Å². The Balaban J connectivity index is 2.00. The predicted molar refractivity (Wildman–Crippen MR) is 98.9 cm³/mol. The van der Waals surface area contributed by atoms with Gasteiger partial charge >= 0.3 is 12.0 Å². The number of carbonyl (C=O) groups excluding carboxylic acids is 3. The molecule has 2 aliphatic rings. The van der Waals surface area contributed by atoms with E-state index in [9.17, 15) is 19.6 Å². The van der Waals surface area contributed by atoms with E-state index in [1.54, 1.807) is 6.08 Å². The number of amides is 3. The Morgan fingerprint density at radius 2 is 2.04 bits per heavy atom. The van der Waals surface area contributed by atoms with E-state index in [0.29, 0.717) is 0 Å². The molecule has 1 saturated heterocycles. The molecule has 0 aromatic rings. The number of hydrogen-bond donors (Lipinski definition) is 0. The number of nitriles is 1. The van der Waals surface area contributed by atoms with E-state index in [4.69, 9.17) is 15.9 Å². The molecule has 0 radical (unpaired) electrons. The van der Waals surface area contributed by atoms with Crippen LogP contribution in [0.3, 0.4) is 0 Å². The number of urea groups is 1. The summed E-state index contributed by atoms with van der Waals surface area (Å²) in [7, 11) is 0. The first-order chi connectivity index (χ1) is 12.9. The molecule has 8 nitrogen and oxygen atoms in total. The highest BCUT2D eigenvalue weighted by molar-refractivity contribution is 6.02.